The standard InChI is InChI=1S/C17H14O3/c1-3-17(18)20-15-10-9-13(2)11-16(15)19-12-14-7-5-4-6-8-14/h1,4-11H,12H2,2H3. The van der Waals surface area contributed by atoms with Crippen LogP contribution in [0.1, 0.15) is 11.1 Å². The number of carbonyl (C=O) groups is 1. The fourth-order valence-corrected chi connectivity index (χ4v) is 1.68. The van der Waals surface area contributed by atoms with Crippen molar-refractivity contribution in [3.63, 3.8) is 0 Å². The van der Waals surface area contributed by atoms with E-state index in [1.54, 1.807) is 6.07 Å². The normalized spacial score (nSPS) is 9.60. The smallest absolute Gasteiger partial charge is 0.389 e. The minimum atomic E-state index is -0.738. The number of aryl methyl sites for hydroxylation is 1. The van der Waals surface area contributed by atoms with Crippen LogP contribution >= 0.6 is 0 Å². The summed E-state index contributed by atoms with van der Waals surface area (Å²) in [5.74, 6) is 2.00. The third-order valence-electron chi connectivity index (χ3n) is 2.66. The van der Waals surface area contributed by atoms with Crippen molar-refractivity contribution in [3.8, 4) is 23.8 Å². The summed E-state index contributed by atoms with van der Waals surface area (Å²) >= 11 is 0. The Bertz CT molecular complexity index is 639. The van der Waals surface area contributed by atoms with Crippen molar-refractivity contribution in [2.45, 2.75) is 13.5 Å². The molecule has 0 atom stereocenters. The molecule has 3 nitrogen and oxygen atoms in total. The molecule has 0 aliphatic rings. The monoisotopic (exact) mass is 266 g/mol. The molecule has 0 saturated heterocycles. The van der Waals surface area contributed by atoms with Gasteiger partial charge in [0.2, 0.25) is 0 Å². The number of hydrogen-bond acceptors (Lipinski definition) is 3. The van der Waals surface area contributed by atoms with E-state index in [2.05, 4.69) is 0 Å². The van der Waals surface area contributed by atoms with E-state index in [0.717, 1.165) is 11.1 Å². The van der Waals surface area contributed by atoms with Crippen molar-refractivity contribution in [2.24, 2.45) is 0 Å². The molecule has 0 aliphatic carbocycles. The molecule has 20 heavy (non-hydrogen) atoms. The van der Waals surface area contributed by atoms with Gasteiger partial charge in [-0.2, -0.15) is 0 Å². The fraction of sp³-hybridized carbons (Fsp3) is 0.118. The van der Waals surface area contributed by atoms with Gasteiger partial charge in [0, 0.05) is 5.92 Å². The van der Waals surface area contributed by atoms with E-state index in [1.165, 1.54) is 0 Å². The highest BCUT2D eigenvalue weighted by Crippen LogP contribution is 2.29. The SMILES string of the molecule is C#CC(=O)Oc1ccc(C)cc1OCc1ccccc1. The number of benzene rings is 2. The van der Waals surface area contributed by atoms with Crippen molar-refractivity contribution in [1.82, 2.24) is 0 Å². The first-order valence-corrected chi connectivity index (χ1v) is 6.15. The molecule has 0 amide bonds. The van der Waals surface area contributed by atoms with E-state index >= 15 is 0 Å². The van der Waals surface area contributed by atoms with Crippen LogP contribution in [0.2, 0.25) is 0 Å². The molecule has 0 fully saturated rings. The number of carbonyl (C=O) groups excluding carboxylic acids is 1. The topological polar surface area (TPSA) is 35.5 Å². The van der Waals surface area contributed by atoms with Gasteiger partial charge >= 0.3 is 5.97 Å². The second-order valence-electron chi connectivity index (χ2n) is 4.26. The summed E-state index contributed by atoms with van der Waals surface area (Å²) < 4.78 is 10.7. The van der Waals surface area contributed by atoms with Crippen LogP contribution < -0.4 is 9.47 Å². The highest BCUT2D eigenvalue weighted by molar-refractivity contribution is 5.89. The summed E-state index contributed by atoms with van der Waals surface area (Å²) in [6.45, 7) is 2.33. The second-order valence-corrected chi connectivity index (χ2v) is 4.26. The summed E-state index contributed by atoms with van der Waals surface area (Å²) in [5.41, 5.74) is 2.04. The van der Waals surface area contributed by atoms with Gasteiger partial charge in [0.05, 0.1) is 0 Å². The van der Waals surface area contributed by atoms with Crippen LogP contribution in [0, 0.1) is 19.3 Å². The molecular formula is C17H14O3. The molecule has 0 heterocycles. The Labute approximate surface area is 118 Å². The zero-order chi connectivity index (χ0) is 14.4. The Morgan fingerprint density at radius 1 is 1.15 bits per heavy atom. The van der Waals surface area contributed by atoms with Crippen molar-refractivity contribution < 1.29 is 14.3 Å². The first kappa shape index (κ1) is 13.7. The third kappa shape index (κ3) is 3.63. The van der Waals surface area contributed by atoms with E-state index in [-0.39, 0.29) is 0 Å². The number of rotatable bonds is 4. The highest BCUT2D eigenvalue weighted by atomic mass is 16.6. The van der Waals surface area contributed by atoms with Gasteiger partial charge in [0.15, 0.2) is 11.5 Å². The van der Waals surface area contributed by atoms with E-state index < -0.39 is 5.97 Å². The predicted octanol–water partition coefficient (Wildman–Crippen LogP) is 3.11. The van der Waals surface area contributed by atoms with Crippen LogP contribution in [0.4, 0.5) is 0 Å². The van der Waals surface area contributed by atoms with Gasteiger partial charge in [-0.15, -0.1) is 6.42 Å². The van der Waals surface area contributed by atoms with Crippen molar-refractivity contribution in [2.75, 3.05) is 0 Å². The molecule has 0 aliphatic heterocycles. The predicted molar refractivity (Wildman–Crippen MR) is 76.4 cm³/mol. The van der Waals surface area contributed by atoms with E-state index in [4.69, 9.17) is 15.9 Å². The summed E-state index contributed by atoms with van der Waals surface area (Å²) in [7, 11) is 0. The number of esters is 1. The van der Waals surface area contributed by atoms with Crippen LogP contribution in [0.15, 0.2) is 48.5 Å². The average Bonchev–Trinajstić information content (AvgIpc) is 2.48. The van der Waals surface area contributed by atoms with Gasteiger partial charge in [-0.05, 0) is 30.2 Å². The quantitative estimate of drug-likeness (QED) is 0.369. The Balaban J connectivity index is 2.15. The molecule has 0 N–H and O–H groups in total. The van der Waals surface area contributed by atoms with Gasteiger partial charge in [-0.1, -0.05) is 36.4 Å². The molecule has 0 unspecified atom stereocenters. The van der Waals surface area contributed by atoms with Crippen molar-refractivity contribution in [3.05, 3.63) is 59.7 Å². The minimum absolute atomic E-state index is 0.328. The molecule has 0 saturated carbocycles. The van der Waals surface area contributed by atoms with E-state index in [0.29, 0.717) is 18.1 Å². The number of terminal acetylenes is 1. The lowest BCUT2D eigenvalue weighted by atomic mass is 10.2. The maximum atomic E-state index is 11.2. The first-order chi connectivity index (χ1) is 9.69. The Hall–Kier alpha value is -2.73. The Morgan fingerprint density at radius 2 is 1.90 bits per heavy atom. The van der Waals surface area contributed by atoms with Crippen LogP contribution in [-0.4, -0.2) is 5.97 Å². The lowest BCUT2D eigenvalue weighted by molar-refractivity contribution is -0.128. The van der Waals surface area contributed by atoms with E-state index in [1.807, 2.05) is 55.3 Å². The highest BCUT2D eigenvalue weighted by Gasteiger charge is 2.09. The molecule has 100 valence electrons. The molecule has 0 bridgehead atoms. The van der Waals surface area contributed by atoms with Gasteiger partial charge in [-0.3, -0.25) is 0 Å². The van der Waals surface area contributed by atoms with Crippen molar-refractivity contribution in [1.29, 1.82) is 0 Å². The van der Waals surface area contributed by atoms with Gasteiger partial charge in [0.1, 0.15) is 6.61 Å². The largest absolute Gasteiger partial charge is 0.485 e. The Kier molecular flexibility index (Phi) is 4.41. The van der Waals surface area contributed by atoms with Crippen LogP contribution in [0.25, 0.3) is 0 Å². The molecule has 2 aromatic carbocycles. The van der Waals surface area contributed by atoms with Gasteiger partial charge < -0.3 is 9.47 Å². The minimum Gasteiger partial charge on any atom is -0.485 e. The lowest BCUT2D eigenvalue weighted by Gasteiger charge is -2.11. The lowest BCUT2D eigenvalue weighted by Crippen LogP contribution is -2.06. The summed E-state index contributed by atoms with van der Waals surface area (Å²) in [6.07, 6.45) is 5.00. The molecule has 0 radical (unpaired) electrons. The summed E-state index contributed by atoms with van der Waals surface area (Å²) in [5, 5.41) is 0. The summed E-state index contributed by atoms with van der Waals surface area (Å²) in [6, 6.07) is 15.0. The second kappa shape index (κ2) is 6.44. The zero-order valence-corrected chi connectivity index (χ0v) is 11.1. The third-order valence-corrected chi connectivity index (χ3v) is 2.66. The summed E-state index contributed by atoms with van der Waals surface area (Å²) in [4.78, 5) is 11.2. The molecule has 0 spiro atoms. The maximum absolute atomic E-state index is 11.2. The number of ether oxygens (including phenoxy) is 2. The zero-order valence-electron chi connectivity index (χ0n) is 11.1. The molecule has 3 heteroatoms. The van der Waals surface area contributed by atoms with Crippen LogP contribution in [-0.2, 0) is 11.4 Å². The van der Waals surface area contributed by atoms with E-state index in [9.17, 15) is 4.79 Å². The van der Waals surface area contributed by atoms with Gasteiger partial charge in [-0.25, -0.2) is 4.79 Å². The molecule has 2 aromatic rings. The average molecular weight is 266 g/mol. The maximum Gasteiger partial charge on any atom is 0.389 e. The first-order valence-electron chi connectivity index (χ1n) is 6.15. The molecular weight excluding hydrogens is 252 g/mol. The van der Waals surface area contributed by atoms with Crippen molar-refractivity contribution >= 4 is 5.97 Å². The molecule has 0 aromatic heterocycles. The number of hydrogen-bond donors (Lipinski definition) is 0. The fourth-order valence-electron chi connectivity index (χ4n) is 1.68. The van der Waals surface area contributed by atoms with Crippen LogP contribution in [0.5, 0.6) is 11.5 Å². The Morgan fingerprint density at radius 3 is 2.60 bits per heavy atom. The molecule has 2 rings (SSSR count). The van der Waals surface area contributed by atoms with Gasteiger partial charge in [0.25, 0.3) is 0 Å². The van der Waals surface area contributed by atoms with Crippen LogP contribution in [0.3, 0.4) is 0 Å².